The van der Waals surface area contributed by atoms with E-state index in [0.717, 1.165) is 24.5 Å². The molecule has 10 heteroatoms. The Kier molecular flexibility index (Phi) is 6.54. The van der Waals surface area contributed by atoms with Crippen molar-refractivity contribution in [1.82, 2.24) is 24.7 Å². The molecule has 0 bridgehead atoms. The van der Waals surface area contributed by atoms with Gasteiger partial charge >= 0.3 is 0 Å². The lowest BCUT2D eigenvalue weighted by molar-refractivity contribution is 0.102. The lowest BCUT2D eigenvalue weighted by Crippen LogP contribution is -2.54. The number of amides is 1. The van der Waals surface area contributed by atoms with Gasteiger partial charge < -0.3 is 24.7 Å². The van der Waals surface area contributed by atoms with Crippen molar-refractivity contribution in [2.45, 2.75) is 32.9 Å². The maximum Gasteiger partial charge on any atom is 0.257 e. The number of halogens is 1. The molecule has 5 aromatic rings. The third kappa shape index (κ3) is 5.10. The first kappa shape index (κ1) is 25.1. The standard InChI is InChI=1S/C29H28ClN7O2/c1-17-13-36(14-18(2)33-17)24-8-7-23(26-27(24)32-10-9-31-26)29(38)35-21-12-25(28-34-19(3)15-37(28)16-21)39-22-6-4-5-20(30)11-22/h4-12,15-18,33H,13-14H2,1-3H3,(H,35,38). The van der Waals surface area contributed by atoms with Crippen molar-refractivity contribution in [3.8, 4) is 11.5 Å². The molecule has 3 aromatic heterocycles. The van der Waals surface area contributed by atoms with Gasteiger partial charge in [-0.05, 0) is 51.1 Å². The quantitative estimate of drug-likeness (QED) is 0.304. The Morgan fingerprint density at radius 2 is 1.82 bits per heavy atom. The molecule has 1 aliphatic rings. The summed E-state index contributed by atoms with van der Waals surface area (Å²) in [4.78, 5) is 29.6. The number of imidazole rings is 1. The van der Waals surface area contributed by atoms with Crippen molar-refractivity contribution in [2.75, 3.05) is 23.3 Å². The van der Waals surface area contributed by atoms with Gasteiger partial charge in [-0.2, -0.15) is 0 Å². The highest BCUT2D eigenvalue weighted by Gasteiger charge is 2.25. The van der Waals surface area contributed by atoms with Crippen LogP contribution in [-0.2, 0) is 0 Å². The SMILES string of the molecule is Cc1cn2cc(NC(=O)c3ccc(N4CC(C)NC(C)C4)c4nccnc34)cc(Oc3cccc(Cl)c3)c2n1. The Bertz CT molecular complexity index is 1690. The number of carbonyl (C=O) groups is 1. The highest BCUT2D eigenvalue weighted by molar-refractivity contribution is 6.30. The summed E-state index contributed by atoms with van der Waals surface area (Å²) in [6, 6.07) is 13.4. The molecule has 39 heavy (non-hydrogen) atoms. The second-order valence-corrected chi connectivity index (χ2v) is 10.4. The van der Waals surface area contributed by atoms with E-state index in [1.165, 1.54) is 0 Å². The van der Waals surface area contributed by atoms with Gasteiger partial charge in [0.2, 0.25) is 0 Å². The molecule has 1 saturated heterocycles. The lowest BCUT2D eigenvalue weighted by atomic mass is 10.1. The first-order valence-electron chi connectivity index (χ1n) is 12.8. The van der Waals surface area contributed by atoms with E-state index in [1.54, 1.807) is 30.6 Å². The number of hydrogen-bond acceptors (Lipinski definition) is 7. The molecule has 1 aliphatic heterocycles. The smallest absolute Gasteiger partial charge is 0.257 e. The average Bonchev–Trinajstić information content (AvgIpc) is 3.28. The first-order chi connectivity index (χ1) is 18.8. The highest BCUT2D eigenvalue weighted by atomic mass is 35.5. The number of piperazine rings is 1. The molecule has 2 N–H and O–H groups in total. The topological polar surface area (TPSA) is 96.7 Å². The second-order valence-electron chi connectivity index (χ2n) is 9.98. The predicted octanol–water partition coefficient (Wildman–Crippen LogP) is 5.47. The van der Waals surface area contributed by atoms with E-state index in [-0.39, 0.29) is 5.91 Å². The van der Waals surface area contributed by atoms with Gasteiger partial charge in [0, 0.05) is 61.0 Å². The number of nitrogens with one attached hydrogen (secondary N) is 2. The molecule has 1 amide bonds. The van der Waals surface area contributed by atoms with Crippen LogP contribution in [0, 0.1) is 6.92 Å². The molecule has 6 rings (SSSR count). The molecule has 2 atom stereocenters. The van der Waals surface area contributed by atoms with E-state index < -0.39 is 0 Å². The summed E-state index contributed by atoms with van der Waals surface area (Å²) < 4.78 is 7.96. The maximum absolute atomic E-state index is 13.6. The number of fused-ring (bicyclic) bond motifs is 2. The van der Waals surface area contributed by atoms with E-state index in [9.17, 15) is 4.79 Å². The molecule has 2 unspecified atom stereocenters. The van der Waals surface area contributed by atoms with Crippen LogP contribution in [0.15, 0.2) is 67.3 Å². The molecule has 0 saturated carbocycles. The number of aromatic nitrogens is 4. The lowest BCUT2D eigenvalue weighted by Gasteiger charge is -2.38. The molecule has 4 heterocycles. The minimum absolute atomic E-state index is 0.293. The third-order valence-corrected chi connectivity index (χ3v) is 6.90. The molecule has 9 nitrogen and oxygen atoms in total. The van der Waals surface area contributed by atoms with Crippen LogP contribution in [0.1, 0.15) is 29.9 Å². The van der Waals surface area contributed by atoms with Gasteiger partial charge in [0.05, 0.1) is 22.6 Å². The fraction of sp³-hybridized carbons (Fsp3) is 0.241. The summed E-state index contributed by atoms with van der Waals surface area (Å²) in [6.07, 6.45) is 6.96. The van der Waals surface area contributed by atoms with E-state index in [1.807, 2.05) is 48.0 Å². The Balaban J connectivity index is 1.34. The number of ether oxygens (including phenoxy) is 1. The van der Waals surface area contributed by atoms with E-state index in [0.29, 0.717) is 56.5 Å². The third-order valence-electron chi connectivity index (χ3n) is 6.67. The highest BCUT2D eigenvalue weighted by Crippen LogP contribution is 2.32. The monoisotopic (exact) mass is 541 g/mol. The van der Waals surface area contributed by atoms with Crippen molar-refractivity contribution >= 4 is 45.6 Å². The molecule has 1 fully saturated rings. The average molecular weight is 542 g/mol. The van der Waals surface area contributed by atoms with Crippen molar-refractivity contribution < 1.29 is 9.53 Å². The predicted molar refractivity (Wildman–Crippen MR) is 153 cm³/mol. The summed E-state index contributed by atoms with van der Waals surface area (Å²) in [5, 5.41) is 7.14. The number of aryl methyl sites for hydroxylation is 1. The number of pyridine rings is 1. The molecule has 0 aliphatic carbocycles. The minimum atomic E-state index is -0.293. The molecule has 198 valence electrons. The van der Waals surface area contributed by atoms with Gasteiger partial charge in [-0.15, -0.1) is 0 Å². The van der Waals surface area contributed by atoms with Gasteiger partial charge in [0.1, 0.15) is 16.8 Å². The van der Waals surface area contributed by atoms with Crippen LogP contribution in [0.3, 0.4) is 0 Å². The normalized spacial score (nSPS) is 17.5. The number of benzene rings is 2. The number of anilines is 2. The largest absolute Gasteiger partial charge is 0.453 e. The Labute approximate surface area is 230 Å². The maximum atomic E-state index is 13.6. The van der Waals surface area contributed by atoms with Crippen LogP contribution in [0.25, 0.3) is 16.7 Å². The molecule has 0 spiro atoms. The number of hydrogen-bond donors (Lipinski definition) is 2. The summed E-state index contributed by atoms with van der Waals surface area (Å²) >= 11 is 6.15. The Hall–Kier alpha value is -4.21. The van der Waals surface area contributed by atoms with E-state index >= 15 is 0 Å². The van der Waals surface area contributed by atoms with Crippen molar-refractivity contribution in [2.24, 2.45) is 0 Å². The molecular weight excluding hydrogens is 514 g/mol. The summed E-state index contributed by atoms with van der Waals surface area (Å²) in [6.45, 7) is 7.94. The van der Waals surface area contributed by atoms with Gasteiger partial charge in [-0.25, -0.2) is 4.98 Å². The number of carbonyl (C=O) groups excluding carboxylic acids is 1. The first-order valence-corrected chi connectivity index (χ1v) is 13.2. The van der Waals surface area contributed by atoms with E-state index in [4.69, 9.17) is 16.3 Å². The molecule has 2 aromatic carbocycles. The number of rotatable bonds is 5. The van der Waals surface area contributed by atoms with Gasteiger partial charge in [0.25, 0.3) is 5.91 Å². The minimum Gasteiger partial charge on any atom is -0.453 e. The van der Waals surface area contributed by atoms with Gasteiger partial charge in [0.15, 0.2) is 11.4 Å². The van der Waals surface area contributed by atoms with Crippen LogP contribution < -0.4 is 20.3 Å². The second kappa shape index (κ2) is 10.2. The Morgan fingerprint density at radius 3 is 2.59 bits per heavy atom. The van der Waals surface area contributed by atoms with Crippen LogP contribution in [0.5, 0.6) is 11.5 Å². The van der Waals surface area contributed by atoms with Crippen molar-refractivity contribution in [3.05, 3.63) is 83.5 Å². The van der Waals surface area contributed by atoms with Gasteiger partial charge in [-0.1, -0.05) is 17.7 Å². The summed E-state index contributed by atoms with van der Waals surface area (Å²) in [5.41, 5.74) is 4.68. The van der Waals surface area contributed by atoms with Crippen LogP contribution >= 0.6 is 11.6 Å². The summed E-state index contributed by atoms with van der Waals surface area (Å²) in [5.74, 6) is 0.769. The fourth-order valence-electron chi connectivity index (χ4n) is 5.19. The fourth-order valence-corrected chi connectivity index (χ4v) is 5.37. The van der Waals surface area contributed by atoms with Crippen LogP contribution in [0.2, 0.25) is 5.02 Å². The Morgan fingerprint density at radius 1 is 1.05 bits per heavy atom. The van der Waals surface area contributed by atoms with Crippen LogP contribution in [-0.4, -0.2) is 50.4 Å². The number of nitrogens with zero attached hydrogens (tertiary/aromatic N) is 5. The molecular formula is C29H28ClN7O2. The zero-order valence-electron chi connectivity index (χ0n) is 21.9. The zero-order valence-corrected chi connectivity index (χ0v) is 22.6. The summed E-state index contributed by atoms with van der Waals surface area (Å²) in [7, 11) is 0. The van der Waals surface area contributed by atoms with Crippen molar-refractivity contribution in [1.29, 1.82) is 0 Å². The molecule has 0 radical (unpaired) electrons. The van der Waals surface area contributed by atoms with Crippen LogP contribution in [0.4, 0.5) is 11.4 Å². The van der Waals surface area contributed by atoms with Crippen molar-refractivity contribution in [3.63, 3.8) is 0 Å². The van der Waals surface area contributed by atoms with E-state index in [2.05, 4.69) is 44.3 Å². The zero-order chi connectivity index (χ0) is 27.1. The van der Waals surface area contributed by atoms with Gasteiger partial charge in [-0.3, -0.25) is 14.8 Å².